The number of ether oxygens (including phenoxy) is 1. The second-order valence-electron chi connectivity index (χ2n) is 6.27. The zero-order valence-electron chi connectivity index (χ0n) is 14.8. The van der Waals surface area contributed by atoms with Crippen LogP contribution in [-0.2, 0) is 4.79 Å². The smallest absolute Gasteiger partial charge is 0.254 e. The van der Waals surface area contributed by atoms with Crippen LogP contribution in [0.3, 0.4) is 0 Å². The lowest BCUT2D eigenvalue weighted by Gasteiger charge is -2.35. The van der Waals surface area contributed by atoms with Crippen LogP contribution in [0, 0.1) is 5.92 Å². The van der Waals surface area contributed by atoms with Crippen LogP contribution in [0.15, 0.2) is 29.9 Å². The summed E-state index contributed by atoms with van der Waals surface area (Å²) < 4.78 is 5.09. The van der Waals surface area contributed by atoms with Crippen LogP contribution < -0.4 is 10.1 Å². The third-order valence-electron chi connectivity index (χ3n) is 4.57. The lowest BCUT2D eigenvalue weighted by molar-refractivity contribution is -0.120. The Balaban J connectivity index is 1.65. The minimum absolute atomic E-state index is 0.0190. The van der Waals surface area contributed by atoms with Gasteiger partial charge in [-0.2, -0.15) is 0 Å². The molecule has 1 fully saturated rings. The number of amides is 2. The number of nitrogens with one attached hydrogen (secondary N) is 1. The average Bonchev–Trinajstić information content (AvgIpc) is 3.20. The van der Waals surface area contributed by atoms with Gasteiger partial charge in [0.15, 0.2) is 0 Å². The normalized spacial score (nSPS) is 16.2. The molecule has 0 bridgehead atoms. The van der Waals surface area contributed by atoms with Crippen LogP contribution in [0.2, 0.25) is 0 Å². The Morgan fingerprint density at radius 1 is 1.31 bits per heavy atom. The number of piperidine rings is 1. The maximum absolute atomic E-state index is 12.7. The highest BCUT2D eigenvalue weighted by atomic mass is 32.1. The van der Waals surface area contributed by atoms with Gasteiger partial charge in [0, 0.05) is 49.4 Å². The molecule has 0 spiro atoms. The van der Waals surface area contributed by atoms with Gasteiger partial charge in [0.2, 0.25) is 11.8 Å². The fourth-order valence-electron chi connectivity index (χ4n) is 3.26. The van der Waals surface area contributed by atoms with Gasteiger partial charge in [-0.25, -0.2) is 9.97 Å². The molecule has 1 aliphatic rings. The van der Waals surface area contributed by atoms with Crippen molar-refractivity contribution in [3.8, 4) is 5.88 Å². The van der Waals surface area contributed by atoms with Gasteiger partial charge in [0.05, 0.1) is 13.2 Å². The zero-order valence-corrected chi connectivity index (χ0v) is 15.7. The molecular formula is C18H22N4O3S. The summed E-state index contributed by atoms with van der Waals surface area (Å²) >= 11 is 1.55. The Morgan fingerprint density at radius 3 is 2.69 bits per heavy atom. The molecule has 0 aliphatic carbocycles. The molecule has 138 valence electrons. The Labute approximate surface area is 156 Å². The van der Waals surface area contributed by atoms with E-state index in [-0.39, 0.29) is 23.8 Å². The molecular weight excluding hydrogens is 352 g/mol. The first-order valence-electron chi connectivity index (χ1n) is 8.54. The van der Waals surface area contributed by atoms with E-state index in [9.17, 15) is 9.59 Å². The predicted octanol–water partition coefficient (Wildman–Crippen LogP) is 2.28. The van der Waals surface area contributed by atoms with Gasteiger partial charge in [0.1, 0.15) is 5.01 Å². The van der Waals surface area contributed by atoms with Crippen LogP contribution >= 0.6 is 11.3 Å². The molecule has 0 radical (unpaired) electrons. The molecule has 26 heavy (non-hydrogen) atoms. The molecule has 1 atom stereocenters. The Bertz CT molecular complexity index is 758. The van der Waals surface area contributed by atoms with Crippen molar-refractivity contribution in [2.24, 2.45) is 5.92 Å². The summed E-state index contributed by atoms with van der Waals surface area (Å²) in [5.74, 6) is 0.614. The number of carbonyl (C=O) groups is 2. The summed E-state index contributed by atoms with van der Waals surface area (Å²) in [5.41, 5.74) is 0.577. The van der Waals surface area contributed by atoms with Crippen LogP contribution in [0.25, 0.3) is 0 Å². The van der Waals surface area contributed by atoms with Crippen molar-refractivity contribution in [3.63, 3.8) is 0 Å². The topological polar surface area (TPSA) is 84.4 Å². The van der Waals surface area contributed by atoms with E-state index in [0.29, 0.717) is 24.5 Å². The van der Waals surface area contributed by atoms with E-state index in [0.717, 1.165) is 17.8 Å². The van der Waals surface area contributed by atoms with Crippen molar-refractivity contribution in [3.05, 3.63) is 40.5 Å². The van der Waals surface area contributed by atoms with Crippen molar-refractivity contribution in [2.75, 3.05) is 20.2 Å². The maximum atomic E-state index is 12.7. The van der Waals surface area contributed by atoms with E-state index in [4.69, 9.17) is 4.74 Å². The van der Waals surface area contributed by atoms with E-state index >= 15 is 0 Å². The number of methoxy groups -OCH3 is 1. The quantitative estimate of drug-likeness (QED) is 0.868. The first-order valence-corrected chi connectivity index (χ1v) is 9.42. The molecule has 1 N–H and O–H groups in total. The van der Waals surface area contributed by atoms with Gasteiger partial charge in [-0.3, -0.25) is 9.59 Å². The van der Waals surface area contributed by atoms with Gasteiger partial charge in [0.25, 0.3) is 5.91 Å². The summed E-state index contributed by atoms with van der Waals surface area (Å²) in [6.45, 7) is 2.82. The monoisotopic (exact) mass is 374 g/mol. The van der Waals surface area contributed by atoms with Crippen molar-refractivity contribution in [1.29, 1.82) is 0 Å². The summed E-state index contributed by atoms with van der Waals surface area (Å²) in [6.07, 6.45) is 4.97. The fraction of sp³-hybridized carbons (Fsp3) is 0.444. The van der Waals surface area contributed by atoms with E-state index in [1.807, 2.05) is 10.3 Å². The first-order chi connectivity index (χ1) is 12.6. The van der Waals surface area contributed by atoms with Crippen LogP contribution in [-0.4, -0.2) is 46.9 Å². The van der Waals surface area contributed by atoms with Crippen LogP contribution in [0.4, 0.5) is 0 Å². The van der Waals surface area contributed by atoms with Gasteiger partial charge >= 0.3 is 0 Å². The number of thiazole rings is 1. The summed E-state index contributed by atoms with van der Waals surface area (Å²) in [7, 11) is 1.53. The number of aromatic nitrogens is 2. The molecule has 1 saturated heterocycles. The summed E-state index contributed by atoms with van der Waals surface area (Å²) in [5, 5.41) is 5.86. The highest BCUT2D eigenvalue weighted by Crippen LogP contribution is 2.32. The molecule has 3 heterocycles. The molecule has 2 aromatic rings. The van der Waals surface area contributed by atoms with E-state index < -0.39 is 0 Å². The van der Waals surface area contributed by atoms with Crippen molar-refractivity contribution in [1.82, 2.24) is 20.2 Å². The van der Waals surface area contributed by atoms with Crippen LogP contribution in [0.5, 0.6) is 5.88 Å². The second kappa shape index (κ2) is 8.27. The maximum Gasteiger partial charge on any atom is 0.254 e. The predicted molar refractivity (Wildman–Crippen MR) is 98.1 cm³/mol. The van der Waals surface area contributed by atoms with E-state index in [2.05, 4.69) is 15.3 Å². The van der Waals surface area contributed by atoms with Gasteiger partial charge in [-0.05, 0) is 24.8 Å². The third-order valence-corrected chi connectivity index (χ3v) is 5.42. The highest BCUT2D eigenvalue weighted by molar-refractivity contribution is 7.09. The number of rotatable bonds is 5. The number of pyridine rings is 1. The average molecular weight is 374 g/mol. The molecule has 7 nitrogen and oxygen atoms in total. The summed E-state index contributed by atoms with van der Waals surface area (Å²) in [6, 6.07) is 3.27. The second-order valence-corrected chi connectivity index (χ2v) is 7.19. The Morgan fingerprint density at radius 2 is 2.08 bits per heavy atom. The molecule has 1 aliphatic heterocycles. The molecule has 0 aromatic carbocycles. The molecule has 8 heteroatoms. The third kappa shape index (κ3) is 4.19. The van der Waals surface area contributed by atoms with E-state index in [1.165, 1.54) is 14.0 Å². The Kier molecular flexibility index (Phi) is 5.82. The molecule has 2 aromatic heterocycles. The fourth-order valence-corrected chi connectivity index (χ4v) is 4.04. The molecule has 2 amide bonds. The largest absolute Gasteiger partial charge is 0.481 e. The highest BCUT2D eigenvalue weighted by Gasteiger charge is 2.31. The zero-order chi connectivity index (χ0) is 18.5. The lowest BCUT2D eigenvalue weighted by Crippen LogP contribution is -2.42. The van der Waals surface area contributed by atoms with Gasteiger partial charge < -0.3 is 15.0 Å². The Hall–Kier alpha value is -2.48. The molecule has 0 saturated carbocycles. The summed E-state index contributed by atoms with van der Waals surface area (Å²) in [4.78, 5) is 34.6. The number of hydrogen-bond acceptors (Lipinski definition) is 6. The van der Waals surface area contributed by atoms with E-state index in [1.54, 1.807) is 35.9 Å². The van der Waals surface area contributed by atoms with Gasteiger partial charge in [-0.15, -0.1) is 11.3 Å². The number of nitrogens with zero attached hydrogens (tertiary/aromatic N) is 3. The minimum Gasteiger partial charge on any atom is -0.481 e. The lowest BCUT2D eigenvalue weighted by atomic mass is 9.89. The first kappa shape index (κ1) is 18.3. The number of carbonyl (C=O) groups excluding carboxylic acids is 2. The molecule has 3 rings (SSSR count). The molecule has 1 unspecified atom stereocenters. The SMILES string of the molecule is COc1cc(C(=O)N2CCC(C(NC(C)=O)c3nccs3)CC2)ccn1. The minimum atomic E-state index is -0.0919. The van der Waals surface area contributed by atoms with Gasteiger partial charge in [-0.1, -0.05) is 0 Å². The van der Waals surface area contributed by atoms with Crippen LogP contribution in [0.1, 0.15) is 41.2 Å². The number of hydrogen-bond donors (Lipinski definition) is 1. The van der Waals surface area contributed by atoms with Crippen molar-refractivity contribution < 1.29 is 14.3 Å². The number of likely N-dealkylation sites (tertiary alicyclic amines) is 1. The van der Waals surface area contributed by atoms with Crippen molar-refractivity contribution in [2.45, 2.75) is 25.8 Å². The van der Waals surface area contributed by atoms with Crippen molar-refractivity contribution >= 4 is 23.2 Å². The standard InChI is InChI=1S/C18H22N4O3S/c1-12(23)21-16(17-20-7-10-26-17)13-4-8-22(9-5-13)18(24)14-3-6-19-15(11-14)25-2/h3,6-7,10-11,13,16H,4-5,8-9H2,1-2H3,(H,21,23).